The number of nitrogens with zero attached hydrogens (tertiary/aromatic N) is 2. The molecule has 1 heterocycles. The Balaban J connectivity index is 3.42. The fourth-order valence-corrected chi connectivity index (χ4v) is 1.58. The molecule has 0 fully saturated rings. The third kappa shape index (κ3) is 2.17. The van der Waals surface area contributed by atoms with Crippen LogP contribution in [0, 0.1) is 11.3 Å². The number of pyridine rings is 1. The molecule has 0 aliphatic heterocycles. The molecule has 0 aliphatic carbocycles. The number of hydrogen-bond acceptors (Lipinski definition) is 4. The molecule has 0 N–H and O–H groups in total. The van der Waals surface area contributed by atoms with Crippen LogP contribution < -0.4 is 0 Å². The summed E-state index contributed by atoms with van der Waals surface area (Å²) in [5.74, 6) is -0.753. The van der Waals surface area contributed by atoms with Crippen LogP contribution >= 0.6 is 15.9 Å². The van der Waals surface area contributed by atoms with E-state index < -0.39 is 18.1 Å². The predicted molar refractivity (Wildman–Crippen MR) is 52.9 cm³/mol. The fourth-order valence-electron chi connectivity index (χ4n) is 1.03. The number of esters is 1. The van der Waals surface area contributed by atoms with Gasteiger partial charge in [-0.25, -0.2) is 13.6 Å². The van der Waals surface area contributed by atoms with E-state index in [9.17, 15) is 13.6 Å². The summed E-state index contributed by atoms with van der Waals surface area (Å²) in [6.45, 7) is 0. The molecule has 0 saturated carbocycles. The molecule has 4 nitrogen and oxygen atoms in total. The number of halogens is 3. The highest BCUT2D eigenvalue weighted by atomic mass is 79.9. The summed E-state index contributed by atoms with van der Waals surface area (Å²) >= 11 is 2.91. The maximum atomic E-state index is 12.5. The number of methoxy groups -OCH3 is 1. The molecule has 0 radical (unpaired) electrons. The molecule has 0 saturated heterocycles. The quantitative estimate of drug-likeness (QED) is 0.785. The van der Waals surface area contributed by atoms with Crippen molar-refractivity contribution in [2.24, 2.45) is 0 Å². The fraction of sp³-hybridized carbons (Fsp3) is 0.222. The first-order valence-corrected chi connectivity index (χ1v) is 4.77. The average Bonchev–Trinajstić information content (AvgIpc) is 2.27. The molecule has 0 bridgehead atoms. The van der Waals surface area contributed by atoms with Gasteiger partial charge in [0.1, 0.15) is 11.8 Å². The number of carbonyl (C=O) groups is 1. The largest absolute Gasteiger partial charge is 0.465 e. The summed E-state index contributed by atoms with van der Waals surface area (Å²) in [4.78, 5) is 14.6. The number of hydrogen-bond donors (Lipinski definition) is 0. The second-order valence-corrected chi connectivity index (χ2v) is 3.44. The standard InChI is InChI=1S/C9H5BrF2N2O2/c1-16-9(15)5-3-14-7(8(11)12)4(2-13)6(5)10/h3,8H,1H3. The van der Waals surface area contributed by atoms with Gasteiger partial charge in [0.15, 0.2) is 0 Å². The van der Waals surface area contributed by atoms with Crippen molar-refractivity contribution in [1.29, 1.82) is 5.26 Å². The Labute approximate surface area is 98.0 Å². The van der Waals surface area contributed by atoms with Crippen LogP contribution in [0.4, 0.5) is 8.78 Å². The Morgan fingerprint density at radius 2 is 2.31 bits per heavy atom. The molecule has 0 atom stereocenters. The zero-order valence-corrected chi connectivity index (χ0v) is 9.59. The summed E-state index contributed by atoms with van der Waals surface area (Å²) in [7, 11) is 1.14. The molecule has 1 aromatic heterocycles. The summed E-state index contributed by atoms with van der Waals surface area (Å²) in [5, 5.41) is 8.72. The molecule has 84 valence electrons. The maximum Gasteiger partial charge on any atom is 0.340 e. The van der Waals surface area contributed by atoms with E-state index >= 15 is 0 Å². The Morgan fingerprint density at radius 1 is 1.69 bits per heavy atom. The zero-order valence-electron chi connectivity index (χ0n) is 8.00. The van der Waals surface area contributed by atoms with Crippen LogP contribution in [0.15, 0.2) is 10.7 Å². The van der Waals surface area contributed by atoms with Crippen molar-refractivity contribution in [1.82, 2.24) is 4.98 Å². The van der Waals surface area contributed by atoms with Crippen molar-refractivity contribution in [3.63, 3.8) is 0 Å². The Morgan fingerprint density at radius 3 is 2.75 bits per heavy atom. The molecule has 16 heavy (non-hydrogen) atoms. The van der Waals surface area contributed by atoms with Gasteiger partial charge in [-0.3, -0.25) is 4.98 Å². The molecule has 1 aromatic rings. The van der Waals surface area contributed by atoms with Gasteiger partial charge in [0.05, 0.1) is 22.7 Å². The average molecular weight is 291 g/mol. The maximum absolute atomic E-state index is 12.5. The molecule has 0 amide bonds. The van der Waals surface area contributed by atoms with Gasteiger partial charge in [-0.2, -0.15) is 5.26 Å². The van der Waals surface area contributed by atoms with Gasteiger partial charge in [0.25, 0.3) is 6.43 Å². The van der Waals surface area contributed by atoms with Crippen molar-refractivity contribution in [3.05, 3.63) is 27.5 Å². The molecule has 0 spiro atoms. The lowest BCUT2D eigenvalue weighted by Crippen LogP contribution is -2.07. The predicted octanol–water partition coefficient (Wildman–Crippen LogP) is 2.44. The second kappa shape index (κ2) is 4.99. The number of ether oxygens (including phenoxy) is 1. The molecule has 0 aromatic carbocycles. The van der Waals surface area contributed by atoms with E-state index in [1.54, 1.807) is 6.07 Å². The van der Waals surface area contributed by atoms with E-state index in [0.717, 1.165) is 13.3 Å². The minimum Gasteiger partial charge on any atom is -0.465 e. The highest BCUT2D eigenvalue weighted by molar-refractivity contribution is 9.10. The van der Waals surface area contributed by atoms with Crippen molar-refractivity contribution in [2.75, 3.05) is 7.11 Å². The van der Waals surface area contributed by atoms with Crippen molar-refractivity contribution in [3.8, 4) is 6.07 Å². The first-order valence-electron chi connectivity index (χ1n) is 3.97. The van der Waals surface area contributed by atoms with Gasteiger partial charge in [-0.1, -0.05) is 0 Å². The second-order valence-electron chi connectivity index (χ2n) is 2.65. The Hall–Kier alpha value is -1.55. The van der Waals surface area contributed by atoms with Crippen LogP contribution in [0.3, 0.4) is 0 Å². The van der Waals surface area contributed by atoms with Crippen LogP contribution in [0.2, 0.25) is 0 Å². The zero-order chi connectivity index (χ0) is 12.3. The van der Waals surface area contributed by atoms with Gasteiger partial charge >= 0.3 is 5.97 Å². The lowest BCUT2D eigenvalue weighted by atomic mass is 10.1. The van der Waals surface area contributed by atoms with Crippen LogP contribution in [0.5, 0.6) is 0 Å². The van der Waals surface area contributed by atoms with Gasteiger partial charge in [-0.05, 0) is 15.9 Å². The molecule has 0 aliphatic rings. The van der Waals surface area contributed by atoms with Crippen molar-refractivity contribution >= 4 is 21.9 Å². The van der Waals surface area contributed by atoms with E-state index in [1.165, 1.54) is 0 Å². The third-order valence-corrected chi connectivity index (χ3v) is 2.59. The van der Waals surface area contributed by atoms with E-state index in [4.69, 9.17) is 5.26 Å². The Kier molecular flexibility index (Phi) is 3.90. The number of rotatable bonds is 2. The summed E-state index contributed by atoms with van der Waals surface area (Å²) in [5.41, 5.74) is -1.09. The molecule has 1 rings (SSSR count). The molecular weight excluding hydrogens is 286 g/mol. The SMILES string of the molecule is COC(=O)c1cnc(C(F)F)c(C#N)c1Br. The lowest BCUT2D eigenvalue weighted by Gasteiger charge is -2.07. The summed E-state index contributed by atoms with van der Waals surface area (Å²) < 4.78 is 29.3. The van der Waals surface area contributed by atoms with Gasteiger partial charge in [0.2, 0.25) is 0 Å². The van der Waals surface area contributed by atoms with Gasteiger partial charge in [-0.15, -0.1) is 0 Å². The number of nitriles is 1. The number of aromatic nitrogens is 1. The third-order valence-electron chi connectivity index (χ3n) is 1.77. The normalized spacial score (nSPS) is 10.0. The number of alkyl halides is 2. The van der Waals surface area contributed by atoms with E-state index in [2.05, 4.69) is 25.7 Å². The monoisotopic (exact) mass is 290 g/mol. The molecular formula is C9H5BrF2N2O2. The van der Waals surface area contributed by atoms with Crippen LogP contribution in [0.1, 0.15) is 28.0 Å². The minimum atomic E-state index is -2.88. The topological polar surface area (TPSA) is 63.0 Å². The smallest absolute Gasteiger partial charge is 0.340 e. The molecule has 7 heteroatoms. The first-order chi connectivity index (χ1) is 7.52. The van der Waals surface area contributed by atoms with Gasteiger partial charge in [0, 0.05) is 6.20 Å². The summed E-state index contributed by atoms with van der Waals surface area (Å²) in [6.07, 6.45) is -1.93. The lowest BCUT2D eigenvalue weighted by molar-refractivity contribution is 0.0598. The first kappa shape index (κ1) is 12.5. The highest BCUT2D eigenvalue weighted by Crippen LogP contribution is 2.29. The van der Waals surface area contributed by atoms with Gasteiger partial charge < -0.3 is 4.74 Å². The van der Waals surface area contributed by atoms with Crippen molar-refractivity contribution < 1.29 is 18.3 Å². The Bertz CT molecular complexity index is 471. The van der Waals surface area contributed by atoms with Crippen LogP contribution in [-0.4, -0.2) is 18.1 Å². The summed E-state index contributed by atoms with van der Waals surface area (Å²) in [6, 6.07) is 1.57. The van der Waals surface area contributed by atoms with E-state index in [0.29, 0.717) is 0 Å². The number of carbonyl (C=O) groups excluding carboxylic acids is 1. The van der Waals surface area contributed by atoms with Crippen LogP contribution in [-0.2, 0) is 4.74 Å². The van der Waals surface area contributed by atoms with E-state index in [-0.39, 0.29) is 15.6 Å². The van der Waals surface area contributed by atoms with Crippen LogP contribution in [0.25, 0.3) is 0 Å². The minimum absolute atomic E-state index is 0.0350. The van der Waals surface area contributed by atoms with E-state index in [1.807, 2.05) is 0 Å². The highest BCUT2D eigenvalue weighted by Gasteiger charge is 2.22. The van der Waals surface area contributed by atoms with Crippen molar-refractivity contribution in [2.45, 2.75) is 6.43 Å². The molecule has 0 unspecified atom stereocenters.